The third-order valence-corrected chi connectivity index (χ3v) is 3.57. The number of amides is 1. The highest BCUT2D eigenvalue weighted by atomic mass is 32.1. The van der Waals surface area contributed by atoms with Gasteiger partial charge in [-0.3, -0.25) is 10.1 Å². The number of carbonyl (C=O) groups excluding carboxylic acids is 1. The van der Waals surface area contributed by atoms with Crippen LogP contribution in [0.3, 0.4) is 0 Å². The number of nitrogens with zero attached hydrogens (tertiary/aromatic N) is 2. The largest absolute Gasteiger partial charge is 0.328 e. The molecule has 3 heterocycles. The average molecular weight is 298 g/mol. The van der Waals surface area contributed by atoms with Crippen LogP contribution in [0, 0.1) is 13.8 Å². The third kappa shape index (κ3) is 2.45. The monoisotopic (exact) mass is 298 g/mol. The maximum atomic E-state index is 11.7. The molecule has 0 aromatic carbocycles. The number of hydrogen-bond acceptors (Lipinski definition) is 3. The lowest BCUT2D eigenvalue weighted by Crippen LogP contribution is -2.21. The van der Waals surface area contributed by atoms with Gasteiger partial charge >= 0.3 is 0 Å². The van der Waals surface area contributed by atoms with Gasteiger partial charge in [-0.2, -0.15) is 0 Å². The van der Waals surface area contributed by atoms with Gasteiger partial charge in [0.15, 0.2) is 5.11 Å². The summed E-state index contributed by atoms with van der Waals surface area (Å²) in [6, 6.07) is 7.80. The number of nitrogens with one attached hydrogen (secondary N) is 2. The summed E-state index contributed by atoms with van der Waals surface area (Å²) in [5, 5.41) is 5.75. The van der Waals surface area contributed by atoms with E-state index < -0.39 is 0 Å². The quantitative estimate of drug-likeness (QED) is 0.656. The first-order chi connectivity index (χ1) is 10.1. The molecular formula is C15H14N4OS. The Balaban J connectivity index is 2.05. The summed E-state index contributed by atoms with van der Waals surface area (Å²) in [5.41, 5.74) is 3.49. The zero-order chi connectivity index (χ0) is 15.0. The molecule has 5 nitrogen and oxygen atoms in total. The molecule has 1 amide bonds. The summed E-state index contributed by atoms with van der Waals surface area (Å²) >= 11 is 4.93. The van der Waals surface area contributed by atoms with Crippen LogP contribution in [0.4, 0.5) is 0 Å². The van der Waals surface area contributed by atoms with Gasteiger partial charge in [0.2, 0.25) is 0 Å². The van der Waals surface area contributed by atoms with E-state index in [1.54, 1.807) is 12.3 Å². The molecule has 2 aromatic heterocycles. The van der Waals surface area contributed by atoms with Crippen molar-refractivity contribution in [2.45, 2.75) is 13.8 Å². The van der Waals surface area contributed by atoms with Crippen LogP contribution in [0.15, 0.2) is 36.2 Å². The first-order valence-electron chi connectivity index (χ1n) is 6.50. The summed E-state index contributed by atoms with van der Waals surface area (Å²) < 4.78 is 2.05. The van der Waals surface area contributed by atoms with E-state index in [0.717, 1.165) is 22.8 Å². The van der Waals surface area contributed by atoms with Gasteiger partial charge in [-0.15, -0.1) is 0 Å². The Morgan fingerprint density at radius 2 is 2.10 bits per heavy atom. The minimum absolute atomic E-state index is 0.206. The fourth-order valence-corrected chi connectivity index (χ4v) is 2.61. The number of carbonyl (C=O) groups is 1. The molecule has 0 radical (unpaired) electrons. The molecule has 1 aliphatic heterocycles. The molecule has 0 saturated carbocycles. The van der Waals surface area contributed by atoms with E-state index >= 15 is 0 Å². The van der Waals surface area contributed by atoms with Crippen molar-refractivity contribution in [3.63, 3.8) is 0 Å². The molecule has 1 aliphatic rings. The van der Waals surface area contributed by atoms with Gasteiger partial charge < -0.3 is 9.88 Å². The molecule has 21 heavy (non-hydrogen) atoms. The number of aryl methyl sites for hydroxylation is 1. The lowest BCUT2D eigenvalue weighted by Gasteiger charge is -2.07. The Bertz CT molecular complexity index is 761. The molecule has 0 aliphatic carbocycles. The van der Waals surface area contributed by atoms with Crippen LogP contribution in [-0.4, -0.2) is 20.6 Å². The Hall–Kier alpha value is -2.47. The van der Waals surface area contributed by atoms with Gasteiger partial charge in [0.05, 0.1) is 0 Å². The van der Waals surface area contributed by atoms with Crippen LogP contribution in [0.1, 0.15) is 17.0 Å². The fourth-order valence-electron chi connectivity index (χ4n) is 2.41. The van der Waals surface area contributed by atoms with Crippen LogP contribution in [0.2, 0.25) is 0 Å². The second-order valence-electron chi connectivity index (χ2n) is 4.82. The minimum atomic E-state index is -0.206. The van der Waals surface area contributed by atoms with E-state index in [1.165, 1.54) is 0 Å². The van der Waals surface area contributed by atoms with Crippen LogP contribution in [0.5, 0.6) is 0 Å². The smallest absolute Gasteiger partial charge is 0.273 e. The minimum Gasteiger partial charge on any atom is -0.328 e. The maximum absolute atomic E-state index is 11.7. The molecule has 1 saturated heterocycles. The molecular weight excluding hydrogens is 284 g/mol. The normalized spacial score (nSPS) is 16.2. The number of thiocarbonyl (C=S) groups is 1. The van der Waals surface area contributed by atoms with E-state index in [2.05, 4.69) is 20.2 Å². The topological polar surface area (TPSA) is 58.9 Å². The highest BCUT2D eigenvalue weighted by Gasteiger charge is 2.21. The zero-order valence-electron chi connectivity index (χ0n) is 11.7. The Morgan fingerprint density at radius 3 is 2.71 bits per heavy atom. The highest BCUT2D eigenvalue weighted by Crippen LogP contribution is 2.21. The van der Waals surface area contributed by atoms with E-state index in [9.17, 15) is 4.79 Å². The van der Waals surface area contributed by atoms with E-state index in [-0.39, 0.29) is 5.91 Å². The van der Waals surface area contributed by atoms with Crippen molar-refractivity contribution in [3.8, 4) is 5.82 Å². The molecule has 0 spiro atoms. The van der Waals surface area contributed by atoms with Crippen molar-refractivity contribution >= 4 is 29.3 Å². The Kier molecular flexibility index (Phi) is 3.31. The molecule has 0 bridgehead atoms. The van der Waals surface area contributed by atoms with Crippen molar-refractivity contribution in [2.24, 2.45) is 0 Å². The van der Waals surface area contributed by atoms with Crippen molar-refractivity contribution in [2.75, 3.05) is 0 Å². The van der Waals surface area contributed by atoms with Crippen molar-refractivity contribution in [3.05, 3.63) is 53.1 Å². The van der Waals surface area contributed by atoms with Gasteiger partial charge in [-0.05, 0) is 55.9 Å². The fraction of sp³-hybridized carbons (Fsp3) is 0.133. The van der Waals surface area contributed by atoms with Crippen molar-refractivity contribution in [1.82, 2.24) is 20.2 Å². The van der Waals surface area contributed by atoms with Gasteiger partial charge in [0.25, 0.3) is 5.91 Å². The highest BCUT2D eigenvalue weighted by molar-refractivity contribution is 7.80. The second kappa shape index (κ2) is 5.14. The molecule has 106 valence electrons. The van der Waals surface area contributed by atoms with E-state index in [4.69, 9.17) is 12.2 Å². The Morgan fingerprint density at radius 1 is 1.29 bits per heavy atom. The second-order valence-corrected chi connectivity index (χ2v) is 5.22. The predicted octanol–water partition coefficient (Wildman–Crippen LogP) is 1.83. The van der Waals surface area contributed by atoms with Crippen LogP contribution in [-0.2, 0) is 4.79 Å². The van der Waals surface area contributed by atoms with Gasteiger partial charge in [-0.25, -0.2) is 4.98 Å². The van der Waals surface area contributed by atoms with Crippen LogP contribution >= 0.6 is 12.2 Å². The van der Waals surface area contributed by atoms with Gasteiger partial charge in [0, 0.05) is 17.6 Å². The number of aromatic nitrogens is 2. The summed E-state index contributed by atoms with van der Waals surface area (Å²) in [6.07, 6.45) is 3.56. The number of hydrogen-bond donors (Lipinski definition) is 2. The first-order valence-corrected chi connectivity index (χ1v) is 6.91. The molecule has 3 rings (SSSR count). The lowest BCUT2D eigenvalue weighted by atomic mass is 10.2. The molecule has 0 atom stereocenters. The number of pyridine rings is 1. The van der Waals surface area contributed by atoms with Crippen LogP contribution < -0.4 is 10.6 Å². The average Bonchev–Trinajstić information content (AvgIpc) is 2.91. The van der Waals surface area contributed by atoms with Gasteiger partial charge in [-0.1, -0.05) is 6.07 Å². The number of rotatable bonds is 2. The standard InChI is InChI=1S/C15H14N4OS/c1-9-7-11(8-12-14(20)18-15(21)17-12)10(2)19(9)13-5-3-4-6-16-13/h3-8H,1-2H3,(H2,17,18,20,21)/b12-8+. The molecule has 2 aromatic rings. The SMILES string of the molecule is Cc1cc(/C=C2/NC(=S)NC2=O)c(C)n1-c1ccccn1. The molecule has 6 heteroatoms. The van der Waals surface area contributed by atoms with Crippen LogP contribution in [0.25, 0.3) is 11.9 Å². The van der Waals surface area contributed by atoms with Crippen molar-refractivity contribution < 1.29 is 4.79 Å². The molecule has 2 N–H and O–H groups in total. The van der Waals surface area contributed by atoms with E-state index in [1.807, 2.05) is 38.1 Å². The van der Waals surface area contributed by atoms with E-state index in [0.29, 0.717) is 10.8 Å². The summed E-state index contributed by atoms with van der Waals surface area (Å²) in [6.45, 7) is 4.01. The maximum Gasteiger partial charge on any atom is 0.273 e. The Labute approximate surface area is 127 Å². The zero-order valence-corrected chi connectivity index (χ0v) is 12.5. The lowest BCUT2D eigenvalue weighted by molar-refractivity contribution is -0.115. The first kappa shape index (κ1) is 13.5. The molecule has 1 fully saturated rings. The summed E-state index contributed by atoms with van der Waals surface area (Å²) in [5.74, 6) is 0.652. The third-order valence-electron chi connectivity index (χ3n) is 3.37. The molecule has 0 unspecified atom stereocenters. The summed E-state index contributed by atoms with van der Waals surface area (Å²) in [7, 11) is 0. The summed E-state index contributed by atoms with van der Waals surface area (Å²) in [4.78, 5) is 16.1. The predicted molar refractivity (Wildman–Crippen MR) is 84.9 cm³/mol. The van der Waals surface area contributed by atoms with Crippen molar-refractivity contribution in [1.29, 1.82) is 0 Å². The van der Waals surface area contributed by atoms with Gasteiger partial charge in [0.1, 0.15) is 11.5 Å².